The minimum Gasteiger partial charge on any atom is -0.478 e. The van der Waals surface area contributed by atoms with E-state index in [9.17, 15) is 14.7 Å². The topological polar surface area (TPSA) is 69.6 Å². The number of amides is 1. The zero-order valence-corrected chi connectivity index (χ0v) is 11.5. The summed E-state index contributed by atoms with van der Waals surface area (Å²) in [5.41, 5.74) is 0.555. The Morgan fingerprint density at radius 3 is 2.53 bits per heavy atom. The second kappa shape index (κ2) is 4.26. The number of benzene rings is 1. The predicted molar refractivity (Wildman–Crippen MR) is 73.7 cm³/mol. The van der Waals surface area contributed by atoms with E-state index >= 15 is 0 Å². The number of anilines is 2. The first kappa shape index (κ1) is 13.4. The van der Waals surface area contributed by atoms with Crippen molar-refractivity contribution in [3.8, 4) is 0 Å². The zero-order chi connectivity index (χ0) is 14.4. The lowest BCUT2D eigenvalue weighted by Crippen LogP contribution is -2.59. The Morgan fingerprint density at radius 1 is 1.37 bits per heavy atom. The number of hydrogen-bond acceptors (Lipinski definition) is 3. The number of carboxylic acid groups (broad SMARTS) is 1. The van der Waals surface area contributed by atoms with E-state index in [-0.39, 0.29) is 17.5 Å². The number of carboxylic acids is 1. The van der Waals surface area contributed by atoms with Crippen LogP contribution in [0.5, 0.6) is 0 Å². The summed E-state index contributed by atoms with van der Waals surface area (Å²) in [7, 11) is 0. The molecule has 0 fully saturated rings. The van der Waals surface area contributed by atoms with Gasteiger partial charge in [-0.05, 0) is 39.8 Å². The summed E-state index contributed by atoms with van der Waals surface area (Å²) in [6.07, 6.45) is 0. The van der Waals surface area contributed by atoms with Gasteiger partial charge in [0.1, 0.15) is 5.54 Å². The Bertz CT molecular complexity index is 550. The highest BCUT2D eigenvalue weighted by Gasteiger charge is 2.43. The first-order chi connectivity index (χ1) is 8.76. The van der Waals surface area contributed by atoms with Gasteiger partial charge in [0.05, 0.1) is 16.9 Å². The molecule has 0 aliphatic carbocycles. The highest BCUT2D eigenvalue weighted by Crippen LogP contribution is 2.40. The van der Waals surface area contributed by atoms with Crippen LogP contribution in [0.25, 0.3) is 0 Å². The molecule has 19 heavy (non-hydrogen) atoms. The summed E-state index contributed by atoms with van der Waals surface area (Å²) in [6, 6.07) is 4.94. The van der Waals surface area contributed by atoms with Gasteiger partial charge in [-0.2, -0.15) is 0 Å². The Labute approximate surface area is 112 Å². The number of para-hydroxylation sites is 1. The number of fused-ring (bicyclic) bond motifs is 1. The standard InChI is InChI=1S/C14H18N2O3/c1-8(2)16-11-9(12(17)18)6-5-7-10(11)15-13(19)14(16,3)4/h5-8H,1-4H3,(H,15,19)(H,17,18). The Balaban J connectivity index is 2.73. The zero-order valence-electron chi connectivity index (χ0n) is 11.5. The van der Waals surface area contributed by atoms with Gasteiger partial charge >= 0.3 is 5.97 Å². The van der Waals surface area contributed by atoms with Crippen LogP contribution >= 0.6 is 0 Å². The van der Waals surface area contributed by atoms with E-state index < -0.39 is 11.5 Å². The molecule has 0 unspecified atom stereocenters. The minimum absolute atomic E-state index is 0.0142. The van der Waals surface area contributed by atoms with Crippen LogP contribution in [0.3, 0.4) is 0 Å². The van der Waals surface area contributed by atoms with Gasteiger partial charge in [0.2, 0.25) is 5.91 Å². The van der Waals surface area contributed by atoms with Gasteiger partial charge in [-0.15, -0.1) is 0 Å². The fourth-order valence-corrected chi connectivity index (χ4v) is 2.64. The average molecular weight is 262 g/mol. The van der Waals surface area contributed by atoms with E-state index in [4.69, 9.17) is 0 Å². The van der Waals surface area contributed by atoms with Crippen molar-refractivity contribution in [2.24, 2.45) is 0 Å². The maximum Gasteiger partial charge on any atom is 0.337 e. The monoisotopic (exact) mass is 262 g/mol. The van der Waals surface area contributed by atoms with Crippen molar-refractivity contribution >= 4 is 23.3 Å². The molecular formula is C14H18N2O3. The van der Waals surface area contributed by atoms with Crippen molar-refractivity contribution in [1.29, 1.82) is 0 Å². The van der Waals surface area contributed by atoms with Gasteiger partial charge in [-0.1, -0.05) is 6.07 Å². The number of aromatic carboxylic acids is 1. The average Bonchev–Trinajstić information content (AvgIpc) is 2.28. The molecule has 2 N–H and O–H groups in total. The SMILES string of the molecule is CC(C)N1c2c(cccc2C(=O)O)NC(=O)C1(C)C. The molecule has 102 valence electrons. The molecule has 2 rings (SSSR count). The molecule has 1 heterocycles. The summed E-state index contributed by atoms with van der Waals surface area (Å²) in [6.45, 7) is 7.49. The van der Waals surface area contributed by atoms with Crippen molar-refractivity contribution in [2.75, 3.05) is 10.2 Å². The Kier molecular flexibility index (Phi) is 3.00. The van der Waals surface area contributed by atoms with Gasteiger partial charge in [0.25, 0.3) is 0 Å². The van der Waals surface area contributed by atoms with Crippen molar-refractivity contribution in [3.63, 3.8) is 0 Å². The second-order valence-corrected chi connectivity index (χ2v) is 5.48. The lowest BCUT2D eigenvalue weighted by molar-refractivity contribution is -0.120. The van der Waals surface area contributed by atoms with Crippen LogP contribution < -0.4 is 10.2 Å². The Hall–Kier alpha value is -2.04. The van der Waals surface area contributed by atoms with Crippen molar-refractivity contribution < 1.29 is 14.7 Å². The molecule has 5 nitrogen and oxygen atoms in total. The van der Waals surface area contributed by atoms with Crippen LogP contribution in [-0.4, -0.2) is 28.6 Å². The molecule has 1 aromatic carbocycles. The second-order valence-electron chi connectivity index (χ2n) is 5.48. The van der Waals surface area contributed by atoms with Crippen LogP contribution in [0, 0.1) is 0 Å². The molecule has 1 aromatic rings. The number of carbonyl (C=O) groups is 2. The van der Waals surface area contributed by atoms with Crippen molar-refractivity contribution in [3.05, 3.63) is 23.8 Å². The van der Waals surface area contributed by atoms with Crippen molar-refractivity contribution in [1.82, 2.24) is 0 Å². The summed E-state index contributed by atoms with van der Waals surface area (Å²) < 4.78 is 0. The molecule has 1 aliphatic heterocycles. The van der Waals surface area contributed by atoms with Gasteiger partial charge in [0.15, 0.2) is 0 Å². The lowest BCUT2D eigenvalue weighted by Gasteiger charge is -2.46. The fraction of sp³-hybridized carbons (Fsp3) is 0.429. The molecule has 5 heteroatoms. The van der Waals surface area contributed by atoms with Gasteiger partial charge < -0.3 is 15.3 Å². The molecule has 1 aliphatic rings. The number of hydrogen-bond donors (Lipinski definition) is 2. The quantitative estimate of drug-likeness (QED) is 0.858. The molecule has 0 bridgehead atoms. The molecule has 0 atom stereocenters. The van der Waals surface area contributed by atoms with E-state index in [2.05, 4.69) is 5.32 Å². The minimum atomic E-state index is -0.991. The number of rotatable bonds is 2. The van der Waals surface area contributed by atoms with Crippen LogP contribution in [0.1, 0.15) is 38.1 Å². The summed E-state index contributed by atoms with van der Waals surface area (Å²) >= 11 is 0. The molecule has 0 spiro atoms. The number of nitrogens with one attached hydrogen (secondary N) is 1. The van der Waals surface area contributed by atoms with E-state index in [0.29, 0.717) is 11.4 Å². The highest BCUT2D eigenvalue weighted by atomic mass is 16.4. The maximum absolute atomic E-state index is 12.2. The summed E-state index contributed by atoms with van der Waals surface area (Å²) in [4.78, 5) is 25.4. The van der Waals surface area contributed by atoms with Crippen LogP contribution in [-0.2, 0) is 4.79 Å². The van der Waals surface area contributed by atoms with E-state index in [1.54, 1.807) is 32.0 Å². The van der Waals surface area contributed by atoms with Crippen molar-refractivity contribution in [2.45, 2.75) is 39.3 Å². The van der Waals surface area contributed by atoms with Gasteiger partial charge in [0, 0.05) is 6.04 Å². The summed E-state index contributed by atoms with van der Waals surface area (Å²) in [5, 5.41) is 12.1. The van der Waals surface area contributed by atoms with E-state index in [1.807, 2.05) is 18.7 Å². The first-order valence-electron chi connectivity index (χ1n) is 6.24. The fourth-order valence-electron chi connectivity index (χ4n) is 2.64. The lowest BCUT2D eigenvalue weighted by atomic mass is 9.92. The van der Waals surface area contributed by atoms with Crippen LogP contribution in [0.2, 0.25) is 0 Å². The normalized spacial score (nSPS) is 17.1. The highest BCUT2D eigenvalue weighted by molar-refractivity contribution is 6.10. The molecule has 1 amide bonds. The van der Waals surface area contributed by atoms with E-state index in [1.165, 1.54) is 0 Å². The molecule has 0 saturated carbocycles. The predicted octanol–water partition coefficient (Wildman–Crippen LogP) is 2.33. The van der Waals surface area contributed by atoms with Gasteiger partial charge in [-0.25, -0.2) is 4.79 Å². The summed E-state index contributed by atoms with van der Waals surface area (Å²) in [5.74, 6) is -1.12. The maximum atomic E-state index is 12.2. The third-order valence-electron chi connectivity index (χ3n) is 3.43. The number of carbonyl (C=O) groups excluding carboxylic acids is 1. The molecule has 0 saturated heterocycles. The molecule has 0 aromatic heterocycles. The largest absolute Gasteiger partial charge is 0.478 e. The molecular weight excluding hydrogens is 244 g/mol. The smallest absolute Gasteiger partial charge is 0.337 e. The third kappa shape index (κ3) is 1.95. The third-order valence-corrected chi connectivity index (χ3v) is 3.43. The number of nitrogens with zero attached hydrogens (tertiary/aromatic N) is 1. The van der Waals surface area contributed by atoms with E-state index in [0.717, 1.165) is 0 Å². The Morgan fingerprint density at radius 2 is 2.00 bits per heavy atom. The van der Waals surface area contributed by atoms with Gasteiger partial charge in [-0.3, -0.25) is 4.79 Å². The molecule has 0 radical (unpaired) electrons. The van der Waals surface area contributed by atoms with Crippen LogP contribution in [0.4, 0.5) is 11.4 Å². The first-order valence-corrected chi connectivity index (χ1v) is 6.24. The van der Waals surface area contributed by atoms with Crippen LogP contribution in [0.15, 0.2) is 18.2 Å².